The van der Waals surface area contributed by atoms with E-state index in [1.165, 1.54) is 5.69 Å². The standard InChI is InChI=1S/C16H18N4/c1-2-10-20-15(7-9-19-20)12-18-14-5-6-16-13(11-14)4-3-8-17-16/h3-9,11,18H,2,10,12H2,1H3. The van der Waals surface area contributed by atoms with Crippen LogP contribution in [0.2, 0.25) is 0 Å². The Labute approximate surface area is 118 Å². The van der Waals surface area contributed by atoms with Crippen LogP contribution in [0.3, 0.4) is 0 Å². The highest BCUT2D eigenvalue weighted by molar-refractivity contribution is 5.82. The van der Waals surface area contributed by atoms with Crippen molar-refractivity contribution < 1.29 is 0 Å². The lowest BCUT2D eigenvalue weighted by Gasteiger charge is -2.09. The minimum absolute atomic E-state index is 0.784. The fraction of sp³-hybridized carbons (Fsp3) is 0.250. The maximum absolute atomic E-state index is 4.33. The highest BCUT2D eigenvalue weighted by atomic mass is 15.3. The van der Waals surface area contributed by atoms with Crippen molar-refractivity contribution in [2.24, 2.45) is 0 Å². The van der Waals surface area contributed by atoms with Gasteiger partial charge in [-0.3, -0.25) is 9.67 Å². The highest BCUT2D eigenvalue weighted by Gasteiger charge is 2.02. The molecule has 0 aliphatic heterocycles. The number of aromatic nitrogens is 3. The molecule has 0 amide bonds. The van der Waals surface area contributed by atoms with Gasteiger partial charge < -0.3 is 5.32 Å². The molecule has 4 heteroatoms. The van der Waals surface area contributed by atoms with Gasteiger partial charge in [0.2, 0.25) is 0 Å². The molecule has 20 heavy (non-hydrogen) atoms. The number of pyridine rings is 1. The summed E-state index contributed by atoms with van der Waals surface area (Å²) in [6.07, 6.45) is 4.77. The molecule has 2 heterocycles. The number of rotatable bonds is 5. The molecule has 2 aromatic heterocycles. The van der Waals surface area contributed by atoms with Crippen LogP contribution >= 0.6 is 0 Å². The van der Waals surface area contributed by atoms with E-state index in [0.29, 0.717) is 0 Å². The predicted octanol–water partition coefficient (Wildman–Crippen LogP) is 3.45. The SMILES string of the molecule is CCCn1nccc1CNc1ccc2ncccc2c1. The van der Waals surface area contributed by atoms with Gasteiger partial charge in [-0.2, -0.15) is 5.10 Å². The van der Waals surface area contributed by atoms with Crippen LogP contribution in [0.1, 0.15) is 19.0 Å². The lowest BCUT2D eigenvalue weighted by atomic mass is 10.2. The fourth-order valence-electron chi connectivity index (χ4n) is 2.30. The van der Waals surface area contributed by atoms with Crippen molar-refractivity contribution in [2.45, 2.75) is 26.4 Å². The molecule has 0 spiro atoms. The van der Waals surface area contributed by atoms with Crippen molar-refractivity contribution in [3.05, 3.63) is 54.5 Å². The van der Waals surface area contributed by atoms with Gasteiger partial charge in [0.15, 0.2) is 0 Å². The van der Waals surface area contributed by atoms with E-state index in [0.717, 1.165) is 36.1 Å². The van der Waals surface area contributed by atoms with Crippen molar-refractivity contribution in [3.63, 3.8) is 0 Å². The monoisotopic (exact) mass is 266 g/mol. The third kappa shape index (κ3) is 2.64. The average molecular weight is 266 g/mol. The van der Waals surface area contributed by atoms with Gasteiger partial charge in [0.05, 0.1) is 17.8 Å². The highest BCUT2D eigenvalue weighted by Crippen LogP contribution is 2.17. The van der Waals surface area contributed by atoms with Crippen LogP contribution in [0, 0.1) is 0 Å². The van der Waals surface area contributed by atoms with Crippen LogP contribution in [0.25, 0.3) is 10.9 Å². The van der Waals surface area contributed by atoms with Crippen LogP contribution in [0.15, 0.2) is 48.8 Å². The van der Waals surface area contributed by atoms with Crippen molar-refractivity contribution in [1.29, 1.82) is 0 Å². The Bertz CT molecular complexity index is 702. The summed E-state index contributed by atoms with van der Waals surface area (Å²) in [6, 6.07) is 12.3. The molecule has 1 aromatic carbocycles. The van der Waals surface area contributed by atoms with Gasteiger partial charge >= 0.3 is 0 Å². The van der Waals surface area contributed by atoms with E-state index in [2.05, 4.69) is 51.3 Å². The Morgan fingerprint density at radius 1 is 1.15 bits per heavy atom. The number of aryl methyl sites for hydroxylation is 1. The molecule has 0 atom stereocenters. The zero-order valence-electron chi connectivity index (χ0n) is 11.6. The number of hydrogen-bond donors (Lipinski definition) is 1. The first-order valence-electron chi connectivity index (χ1n) is 6.96. The van der Waals surface area contributed by atoms with Crippen molar-refractivity contribution in [2.75, 3.05) is 5.32 Å². The Morgan fingerprint density at radius 2 is 2.10 bits per heavy atom. The van der Waals surface area contributed by atoms with E-state index >= 15 is 0 Å². The number of hydrogen-bond acceptors (Lipinski definition) is 3. The number of benzene rings is 1. The third-order valence-electron chi connectivity index (χ3n) is 3.32. The molecule has 0 saturated heterocycles. The summed E-state index contributed by atoms with van der Waals surface area (Å²) in [4.78, 5) is 4.33. The Hall–Kier alpha value is -2.36. The van der Waals surface area contributed by atoms with E-state index in [9.17, 15) is 0 Å². The summed E-state index contributed by atoms with van der Waals surface area (Å²) in [5.74, 6) is 0. The number of nitrogens with one attached hydrogen (secondary N) is 1. The smallest absolute Gasteiger partial charge is 0.0703 e. The van der Waals surface area contributed by atoms with Gasteiger partial charge in [0.1, 0.15) is 0 Å². The van der Waals surface area contributed by atoms with Gasteiger partial charge in [0, 0.05) is 30.0 Å². The third-order valence-corrected chi connectivity index (χ3v) is 3.32. The number of nitrogens with zero attached hydrogens (tertiary/aromatic N) is 3. The first-order valence-corrected chi connectivity index (χ1v) is 6.96. The van der Waals surface area contributed by atoms with Gasteiger partial charge in [-0.25, -0.2) is 0 Å². The molecule has 0 fully saturated rings. The van der Waals surface area contributed by atoms with Gasteiger partial charge in [-0.05, 0) is 36.8 Å². The Kier molecular flexibility index (Phi) is 3.63. The molecular formula is C16H18N4. The predicted molar refractivity (Wildman–Crippen MR) is 81.6 cm³/mol. The fourth-order valence-corrected chi connectivity index (χ4v) is 2.30. The molecule has 1 N–H and O–H groups in total. The van der Waals surface area contributed by atoms with Crippen LogP contribution in [0.4, 0.5) is 5.69 Å². The minimum atomic E-state index is 0.784. The Morgan fingerprint density at radius 3 is 3.00 bits per heavy atom. The summed E-state index contributed by atoms with van der Waals surface area (Å²) in [5.41, 5.74) is 3.34. The van der Waals surface area contributed by atoms with E-state index < -0.39 is 0 Å². The summed E-state index contributed by atoms with van der Waals surface area (Å²) in [5, 5.41) is 8.94. The summed E-state index contributed by atoms with van der Waals surface area (Å²) >= 11 is 0. The first kappa shape index (κ1) is 12.7. The summed E-state index contributed by atoms with van der Waals surface area (Å²) in [7, 11) is 0. The van der Waals surface area contributed by atoms with Crippen LogP contribution < -0.4 is 5.32 Å². The van der Waals surface area contributed by atoms with Crippen molar-refractivity contribution in [1.82, 2.24) is 14.8 Å². The average Bonchev–Trinajstić information content (AvgIpc) is 2.93. The normalized spacial score (nSPS) is 10.8. The molecular weight excluding hydrogens is 248 g/mol. The molecule has 3 aromatic rings. The second kappa shape index (κ2) is 5.74. The lowest BCUT2D eigenvalue weighted by molar-refractivity contribution is 0.578. The molecule has 4 nitrogen and oxygen atoms in total. The lowest BCUT2D eigenvalue weighted by Crippen LogP contribution is -2.08. The van der Waals surface area contributed by atoms with Gasteiger partial charge in [-0.1, -0.05) is 13.0 Å². The second-order valence-corrected chi connectivity index (χ2v) is 4.81. The molecule has 0 radical (unpaired) electrons. The zero-order valence-corrected chi connectivity index (χ0v) is 11.6. The summed E-state index contributed by atoms with van der Waals surface area (Å²) < 4.78 is 2.05. The molecule has 3 rings (SSSR count). The quantitative estimate of drug-likeness (QED) is 0.769. The van der Waals surface area contributed by atoms with Crippen molar-refractivity contribution in [3.8, 4) is 0 Å². The molecule has 0 aliphatic rings. The molecule has 102 valence electrons. The van der Waals surface area contributed by atoms with Gasteiger partial charge in [-0.15, -0.1) is 0 Å². The largest absolute Gasteiger partial charge is 0.379 e. The summed E-state index contributed by atoms with van der Waals surface area (Å²) in [6.45, 7) is 3.91. The maximum Gasteiger partial charge on any atom is 0.0703 e. The van der Waals surface area contributed by atoms with Crippen LogP contribution in [0.5, 0.6) is 0 Å². The first-order chi connectivity index (χ1) is 9.86. The minimum Gasteiger partial charge on any atom is -0.379 e. The molecule has 0 bridgehead atoms. The van der Waals surface area contributed by atoms with E-state index in [-0.39, 0.29) is 0 Å². The van der Waals surface area contributed by atoms with E-state index in [4.69, 9.17) is 0 Å². The van der Waals surface area contributed by atoms with Crippen LogP contribution in [-0.4, -0.2) is 14.8 Å². The topological polar surface area (TPSA) is 42.7 Å². The van der Waals surface area contributed by atoms with E-state index in [1.807, 2.05) is 24.5 Å². The van der Waals surface area contributed by atoms with Crippen LogP contribution in [-0.2, 0) is 13.1 Å². The maximum atomic E-state index is 4.33. The molecule has 0 unspecified atom stereocenters. The second-order valence-electron chi connectivity index (χ2n) is 4.81. The number of anilines is 1. The van der Waals surface area contributed by atoms with Gasteiger partial charge in [0.25, 0.3) is 0 Å². The zero-order chi connectivity index (χ0) is 13.8. The molecule has 0 aliphatic carbocycles. The number of fused-ring (bicyclic) bond motifs is 1. The van der Waals surface area contributed by atoms with E-state index in [1.54, 1.807) is 0 Å². The Balaban J connectivity index is 1.74. The molecule has 0 saturated carbocycles. The van der Waals surface area contributed by atoms with Crippen molar-refractivity contribution >= 4 is 16.6 Å².